The molecule has 0 bridgehead atoms. The molecule has 0 aliphatic heterocycles. The monoisotopic (exact) mass is 235 g/mol. The summed E-state index contributed by atoms with van der Waals surface area (Å²) in [5.41, 5.74) is 0.906. The van der Waals surface area contributed by atoms with Crippen LogP contribution in [0.5, 0.6) is 0 Å². The molecule has 0 atom stereocenters. The van der Waals surface area contributed by atoms with Crippen molar-refractivity contribution in [3.63, 3.8) is 0 Å². The molecule has 0 radical (unpaired) electrons. The Bertz CT molecular complexity index is 278. The third-order valence-corrected chi connectivity index (χ3v) is 2.73. The normalized spacial score (nSPS) is 10.1. The molecule has 0 aliphatic carbocycles. The van der Waals surface area contributed by atoms with Gasteiger partial charge in [-0.3, -0.25) is 0 Å². The van der Waals surface area contributed by atoms with Gasteiger partial charge in [0.2, 0.25) is 0 Å². The molecule has 0 aliphatic rings. The van der Waals surface area contributed by atoms with Crippen molar-refractivity contribution in [2.45, 2.75) is 0 Å². The molecule has 72 valence electrons. The second-order valence-electron chi connectivity index (χ2n) is 2.54. The number of halogens is 2. The van der Waals surface area contributed by atoms with E-state index in [0.29, 0.717) is 10.0 Å². The molecule has 1 aromatic rings. The van der Waals surface area contributed by atoms with Gasteiger partial charge in [-0.05, 0) is 24.5 Å². The van der Waals surface area contributed by atoms with E-state index in [1.807, 2.05) is 6.07 Å². The predicted molar refractivity (Wildman–Crippen MR) is 63.3 cm³/mol. The Morgan fingerprint density at radius 1 is 1.38 bits per heavy atom. The maximum Gasteiger partial charge on any atom is 0.0638 e. The van der Waals surface area contributed by atoms with E-state index in [1.54, 1.807) is 23.9 Å². The van der Waals surface area contributed by atoms with Crippen molar-refractivity contribution >= 4 is 40.7 Å². The zero-order valence-corrected chi connectivity index (χ0v) is 9.64. The molecular formula is C9H11Cl2NS. The van der Waals surface area contributed by atoms with Gasteiger partial charge in [0.1, 0.15) is 0 Å². The number of hydrogen-bond donors (Lipinski definition) is 1. The maximum atomic E-state index is 5.95. The molecule has 0 spiro atoms. The third-order valence-electron chi connectivity index (χ3n) is 1.55. The van der Waals surface area contributed by atoms with Gasteiger partial charge in [-0.25, -0.2) is 0 Å². The number of anilines is 1. The summed E-state index contributed by atoms with van der Waals surface area (Å²) in [7, 11) is 0. The first-order chi connectivity index (χ1) is 6.24. The largest absolute Gasteiger partial charge is 0.383 e. The molecule has 1 rings (SSSR count). The Morgan fingerprint density at radius 2 is 2.15 bits per heavy atom. The molecule has 4 heteroatoms. The van der Waals surface area contributed by atoms with Crippen LogP contribution in [0.2, 0.25) is 10.0 Å². The lowest BCUT2D eigenvalue weighted by Gasteiger charge is -2.07. The second kappa shape index (κ2) is 5.63. The summed E-state index contributed by atoms with van der Waals surface area (Å²) < 4.78 is 0. The van der Waals surface area contributed by atoms with E-state index in [-0.39, 0.29) is 0 Å². The third kappa shape index (κ3) is 3.67. The second-order valence-corrected chi connectivity index (χ2v) is 4.37. The fourth-order valence-corrected chi connectivity index (χ4v) is 1.58. The van der Waals surface area contributed by atoms with Gasteiger partial charge in [0.05, 0.1) is 10.7 Å². The van der Waals surface area contributed by atoms with Gasteiger partial charge in [-0.15, -0.1) is 0 Å². The standard InChI is InChI=1S/C9H11Cl2NS/c1-13-5-4-12-9-6-7(10)2-3-8(9)11/h2-3,6,12H,4-5H2,1H3. The van der Waals surface area contributed by atoms with Crippen LogP contribution < -0.4 is 5.32 Å². The van der Waals surface area contributed by atoms with Crippen LogP contribution in [-0.2, 0) is 0 Å². The Kier molecular flexibility index (Phi) is 4.78. The summed E-state index contributed by atoms with van der Waals surface area (Å²) in [6.45, 7) is 0.904. The first kappa shape index (κ1) is 11.0. The molecule has 13 heavy (non-hydrogen) atoms. The van der Waals surface area contributed by atoms with Gasteiger partial charge < -0.3 is 5.32 Å². The lowest BCUT2D eigenvalue weighted by atomic mass is 10.3. The van der Waals surface area contributed by atoms with E-state index in [2.05, 4.69) is 11.6 Å². The molecule has 0 aromatic heterocycles. The first-order valence-electron chi connectivity index (χ1n) is 3.92. The van der Waals surface area contributed by atoms with E-state index in [9.17, 15) is 0 Å². The lowest BCUT2D eigenvalue weighted by Crippen LogP contribution is -2.03. The summed E-state index contributed by atoms with van der Waals surface area (Å²) in [5, 5.41) is 4.64. The van der Waals surface area contributed by atoms with Gasteiger partial charge in [-0.2, -0.15) is 11.8 Å². The highest BCUT2D eigenvalue weighted by Gasteiger charge is 1.99. The van der Waals surface area contributed by atoms with Crippen LogP contribution in [0.25, 0.3) is 0 Å². The highest BCUT2D eigenvalue weighted by Crippen LogP contribution is 2.25. The smallest absolute Gasteiger partial charge is 0.0638 e. The van der Waals surface area contributed by atoms with Gasteiger partial charge in [0.15, 0.2) is 0 Å². The SMILES string of the molecule is CSCCNc1cc(Cl)ccc1Cl. The number of rotatable bonds is 4. The molecule has 0 fully saturated rings. The minimum Gasteiger partial charge on any atom is -0.383 e. The zero-order valence-electron chi connectivity index (χ0n) is 7.31. The number of nitrogens with one attached hydrogen (secondary N) is 1. The molecular weight excluding hydrogens is 225 g/mol. The summed E-state index contributed by atoms with van der Waals surface area (Å²) in [6.07, 6.45) is 2.07. The molecule has 1 aromatic carbocycles. The fraction of sp³-hybridized carbons (Fsp3) is 0.333. The molecule has 0 unspecified atom stereocenters. The van der Waals surface area contributed by atoms with Crippen LogP contribution in [0.15, 0.2) is 18.2 Å². The van der Waals surface area contributed by atoms with Crippen molar-refractivity contribution in [2.24, 2.45) is 0 Å². The van der Waals surface area contributed by atoms with Crippen LogP contribution in [0, 0.1) is 0 Å². The van der Waals surface area contributed by atoms with Gasteiger partial charge in [-0.1, -0.05) is 23.2 Å². The van der Waals surface area contributed by atoms with Crippen LogP contribution in [-0.4, -0.2) is 18.6 Å². The van der Waals surface area contributed by atoms with E-state index >= 15 is 0 Å². The Morgan fingerprint density at radius 3 is 2.85 bits per heavy atom. The van der Waals surface area contributed by atoms with E-state index < -0.39 is 0 Å². The van der Waals surface area contributed by atoms with Gasteiger partial charge >= 0.3 is 0 Å². The van der Waals surface area contributed by atoms with Crippen molar-refractivity contribution < 1.29 is 0 Å². The highest BCUT2D eigenvalue weighted by molar-refractivity contribution is 7.98. The Labute approximate surface area is 92.8 Å². The molecule has 1 N–H and O–H groups in total. The van der Waals surface area contributed by atoms with Gasteiger partial charge in [0.25, 0.3) is 0 Å². The average Bonchev–Trinajstić information content (AvgIpc) is 2.11. The molecule has 1 nitrogen and oxygen atoms in total. The summed E-state index contributed by atoms with van der Waals surface area (Å²) >= 11 is 13.6. The van der Waals surface area contributed by atoms with Crippen LogP contribution in [0.4, 0.5) is 5.69 Å². The quantitative estimate of drug-likeness (QED) is 0.798. The van der Waals surface area contributed by atoms with Crippen LogP contribution in [0.3, 0.4) is 0 Å². The molecule has 0 amide bonds. The number of benzene rings is 1. The first-order valence-corrected chi connectivity index (χ1v) is 6.07. The fourth-order valence-electron chi connectivity index (χ4n) is 0.921. The predicted octanol–water partition coefficient (Wildman–Crippen LogP) is 3.77. The summed E-state index contributed by atoms with van der Waals surface area (Å²) in [5.74, 6) is 1.06. The van der Waals surface area contributed by atoms with Crippen molar-refractivity contribution in [1.82, 2.24) is 0 Å². The summed E-state index contributed by atoms with van der Waals surface area (Å²) in [6, 6.07) is 5.42. The van der Waals surface area contributed by atoms with Crippen LogP contribution >= 0.6 is 35.0 Å². The maximum absolute atomic E-state index is 5.95. The van der Waals surface area contributed by atoms with E-state index in [4.69, 9.17) is 23.2 Å². The highest BCUT2D eigenvalue weighted by atomic mass is 35.5. The van der Waals surface area contributed by atoms with Crippen molar-refractivity contribution in [2.75, 3.05) is 23.9 Å². The summed E-state index contributed by atoms with van der Waals surface area (Å²) in [4.78, 5) is 0. The average molecular weight is 236 g/mol. The van der Waals surface area contributed by atoms with Crippen LogP contribution in [0.1, 0.15) is 0 Å². The Hall–Kier alpha value is -0.0500. The Balaban J connectivity index is 2.59. The molecule has 0 saturated heterocycles. The van der Waals surface area contributed by atoms with Gasteiger partial charge in [0, 0.05) is 17.3 Å². The lowest BCUT2D eigenvalue weighted by molar-refractivity contribution is 1.23. The van der Waals surface area contributed by atoms with Crippen molar-refractivity contribution in [3.05, 3.63) is 28.2 Å². The van der Waals surface area contributed by atoms with E-state index in [0.717, 1.165) is 18.0 Å². The minimum atomic E-state index is 0.705. The topological polar surface area (TPSA) is 12.0 Å². The zero-order chi connectivity index (χ0) is 9.68. The minimum absolute atomic E-state index is 0.705. The van der Waals surface area contributed by atoms with Crippen molar-refractivity contribution in [1.29, 1.82) is 0 Å². The molecule has 0 heterocycles. The number of thioether (sulfide) groups is 1. The van der Waals surface area contributed by atoms with E-state index in [1.165, 1.54) is 0 Å². The molecule has 0 saturated carbocycles. The number of hydrogen-bond acceptors (Lipinski definition) is 2. The van der Waals surface area contributed by atoms with Crippen molar-refractivity contribution in [3.8, 4) is 0 Å².